The number of hydrogen-bond acceptors (Lipinski definition) is 4. The normalized spacial score (nSPS) is 11.1. The fourth-order valence-electron chi connectivity index (χ4n) is 3.93. The molecule has 0 fully saturated rings. The van der Waals surface area contributed by atoms with Crippen LogP contribution in [0.25, 0.3) is 0 Å². The summed E-state index contributed by atoms with van der Waals surface area (Å²) in [4.78, 5) is 11.0. The van der Waals surface area contributed by atoms with Crippen molar-refractivity contribution in [3.8, 4) is 5.75 Å². The van der Waals surface area contributed by atoms with E-state index in [0.29, 0.717) is 0 Å². The van der Waals surface area contributed by atoms with Crippen LogP contribution >= 0.6 is 0 Å². The average molecular weight is 427 g/mol. The quantitative estimate of drug-likeness (QED) is 0.371. The summed E-state index contributed by atoms with van der Waals surface area (Å²) in [6, 6.07) is 19.5. The van der Waals surface area contributed by atoms with E-state index in [9.17, 15) is 0 Å². The highest BCUT2D eigenvalue weighted by Crippen LogP contribution is 2.23. The van der Waals surface area contributed by atoms with Gasteiger partial charge >= 0.3 is 0 Å². The molecule has 5 heteroatoms. The first-order chi connectivity index (χ1) is 15.6. The van der Waals surface area contributed by atoms with Gasteiger partial charge in [-0.1, -0.05) is 35.9 Å². The van der Waals surface area contributed by atoms with Crippen molar-refractivity contribution in [2.24, 2.45) is 0 Å². The molecule has 0 amide bonds. The van der Waals surface area contributed by atoms with Crippen molar-refractivity contribution >= 4 is 0 Å². The smallest absolute Gasteiger partial charge is 0.123 e. The zero-order valence-corrected chi connectivity index (χ0v) is 19.0. The Morgan fingerprint density at radius 1 is 0.812 bits per heavy atom. The number of imidazole rings is 1. The number of aromatic nitrogens is 3. The van der Waals surface area contributed by atoms with Crippen molar-refractivity contribution in [3.63, 3.8) is 0 Å². The molecular weight excluding hydrogens is 396 g/mol. The Hall–Kier alpha value is -3.44. The Labute approximate surface area is 190 Å². The second-order valence-corrected chi connectivity index (χ2v) is 8.23. The molecule has 2 heterocycles. The predicted octanol–water partition coefficient (Wildman–Crippen LogP) is 5.15. The molecule has 0 aliphatic rings. The van der Waals surface area contributed by atoms with Crippen LogP contribution in [0.15, 0.2) is 79.4 Å². The molecule has 0 aliphatic heterocycles. The highest BCUT2D eigenvalue weighted by Gasteiger charge is 2.12. The van der Waals surface area contributed by atoms with Crippen LogP contribution in [-0.4, -0.2) is 26.5 Å². The third-order valence-electron chi connectivity index (χ3n) is 5.70. The SMILES string of the molecule is COc1ccc(CN(Cc2ccncc2)Cc2ccc(C)cc2)cc1Cn1ccnc1C. The van der Waals surface area contributed by atoms with Crippen LogP contribution in [0, 0.1) is 13.8 Å². The van der Waals surface area contributed by atoms with Gasteiger partial charge in [0.1, 0.15) is 11.6 Å². The van der Waals surface area contributed by atoms with Gasteiger partial charge in [0, 0.05) is 50.0 Å². The number of ether oxygens (including phenoxy) is 1. The van der Waals surface area contributed by atoms with Crippen molar-refractivity contribution in [2.45, 2.75) is 40.0 Å². The van der Waals surface area contributed by atoms with Crippen LogP contribution < -0.4 is 4.74 Å². The van der Waals surface area contributed by atoms with Crippen LogP contribution in [0.3, 0.4) is 0 Å². The monoisotopic (exact) mass is 426 g/mol. The minimum Gasteiger partial charge on any atom is -0.496 e. The summed E-state index contributed by atoms with van der Waals surface area (Å²) in [6.07, 6.45) is 7.56. The number of nitrogens with zero attached hydrogens (tertiary/aromatic N) is 4. The molecule has 0 aliphatic carbocycles. The van der Waals surface area contributed by atoms with E-state index in [-0.39, 0.29) is 0 Å². The number of rotatable bonds is 9. The maximum atomic E-state index is 5.64. The summed E-state index contributed by atoms with van der Waals surface area (Å²) in [5, 5.41) is 0. The first kappa shape index (κ1) is 21.8. The van der Waals surface area contributed by atoms with Crippen molar-refractivity contribution in [3.05, 3.63) is 113 Å². The lowest BCUT2D eigenvalue weighted by Gasteiger charge is -2.23. The topological polar surface area (TPSA) is 43.2 Å². The van der Waals surface area contributed by atoms with Gasteiger partial charge in [-0.2, -0.15) is 0 Å². The first-order valence-electron chi connectivity index (χ1n) is 10.9. The van der Waals surface area contributed by atoms with Gasteiger partial charge < -0.3 is 9.30 Å². The van der Waals surface area contributed by atoms with E-state index >= 15 is 0 Å². The standard InChI is InChI=1S/C27H30N4O/c1-21-4-6-23(7-5-21)17-30(18-24-10-12-28-13-11-24)19-25-8-9-27(32-3)26(16-25)20-31-15-14-29-22(31)2/h4-16H,17-20H2,1-3H3. The molecule has 32 heavy (non-hydrogen) atoms. The molecule has 0 saturated carbocycles. The van der Waals surface area contributed by atoms with Gasteiger partial charge in [0.2, 0.25) is 0 Å². The number of methoxy groups -OCH3 is 1. The number of benzene rings is 2. The Kier molecular flexibility index (Phi) is 6.97. The molecule has 4 aromatic rings. The third kappa shape index (κ3) is 5.62. The summed E-state index contributed by atoms with van der Waals surface area (Å²) in [7, 11) is 1.73. The maximum Gasteiger partial charge on any atom is 0.123 e. The summed E-state index contributed by atoms with van der Waals surface area (Å²) in [5.74, 6) is 1.90. The molecule has 0 atom stereocenters. The van der Waals surface area contributed by atoms with E-state index in [0.717, 1.165) is 43.3 Å². The van der Waals surface area contributed by atoms with Gasteiger partial charge in [0.25, 0.3) is 0 Å². The van der Waals surface area contributed by atoms with Crippen LogP contribution in [-0.2, 0) is 26.2 Å². The Morgan fingerprint density at radius 3 is 2.12 bits per heavy atom. The Morgan fingerprint density at radius 2 is 1.47 bits per heavy atom. The minimum atomic E-state index is 0.741. The van der Waals surface area contributed by atoms with E-state index in [2.05, 4.69) is 81.0 Å². The van der Waals surface area contributed by atoms with Crippen molar-refractivity contribution in [1.29, 1.82) is 0 Å². The van der Waals surface area contributed by atoms with Gasteiger partial charge in [-0.25, -0.2) is 4.98 Å². The van der Waals surface area contributed by atoms with E-state index in [1.165, 1.54) is 22.3 Å². The number of pyridine rings is 1. The molecule has 0 spiro atoms. The van der Waals surface area contributed by atoms with E-state index < -0.39 is 0 Å². The lowest BCUT2D eigenvalue weighted by molar-refractivity contribution is 0.247. The summed E-state index contributed by atoms with van der Waals surface area (Å²) < 4.78 is 7.78. The number of aryl methyl sites for hydroxylation is 2. The molecule has 164 valence electrons. The van der Waals surface area contributed by atoms with E-state index in [4.69, 9.17) is 4.74 Å². The largest absolute Gasteiger partial charge is 0.496 e. The number of hydrogen-bond donors (Lipinski definition) is 0. The fraction of sp³-hybridized carbons (Fsp3) is 0.259. The zero-order chi connectivity index (χ0) is 22.3. The minimum absolute atomic E-state index is 0.741. The predicted molar refractivity (Wildman–Crippen MR) is 127 cm³/mol. The lowest BCUT2D eigenvalue weighted by Crippen LogP contribution is -2.22. The van der Waals surface area contributed by atoms with Crippen molar-refractivity contribution in [1.82, 2.24) is 19.4 Å². The summed E-state index contributed by atoms with van der Waals surface area (Å²) in [6.45, 7) is 7.47. The molecule has 4 rings (SSSR count). The third-order valence-corrected chi connectivity index (χ3v) is 5.70. The molecular formula is C27H30N4O. The Bertz CT molecular complexity index is 1140. The maximum absolute atomic E-state index is 5.64. The molecule has 5 nitrogen and oxygen atoms in total. The second kappa shape index (κ2) is 10.2. The fourth-order valence-corrected chi connectivity index (χ4v) is 3.93. The van der Waals surface area contributed by atoms with Crippen molar-refractivity contribution in [2.75, 3.05) is 7.11 Å². The highest BCUT2D eigenvalue weighted by atomic mass is 16.5. The highest BCUT2D eigenvalue weighted by molar-refractivity contribution is 5.38. The van der Waals surface area contributed by atoms with Crippen molar-refractivity contribution < 1.29 is 4.74 Å². The second-order valence-electron chi connectivity index (χ2n) is 8.23. The average Bonchev–Trinajstić information content (AvgIpc) is 3.20. The van der Waals surface area contributed by atoms with Gasteiger partial charge in [-0.3, -0.25) is 9.88 Å². The summed E-state index contributed by atoms with van der Waals surface area (Å²) >= 11 is 0. The molecule has 0 bridgehead atoms. The molecule has 2 aromatic heterocycles. The Balaban J connectivity index is 1.58. The van der Waals surface area contributed by atoms with Gasteiger partial charge in [0.05, 0.1) is 13.7 Å². The van der Waals surface area contributed by atoms with Crippen LogP contribution in [0.4, 0.5) is 0 Å². The molecule has 0 radical (unpaired) electrons. The van der Waals surface area contributed by atoms with Crippen LogP contribution in [0.5, 0.6) is 5.75 Å². The van der Waals surface area contributed by atoms with E-state index in [1.807, 2.05) is 31.7 Å². The molecule has 0 saturated heterocycles. The van der Waals surface area contributed by atoms with Crippen LogP contribution in [0.1, 0.15) is 33.6 Å². The van der Waals surface area contributed by atoms with E-state index in [1.54, 1.807) is 7.11 Å². The molecule has 2 aromatic carbocycles. The lowest BCUT2D eigenvalue weighted by atomic mass is 10.1. The van der Waals surface area contributed by atoms with Crippen LogP contribution in [0.2, 0.25) is 0 Å². The van der Waals surface area contributed by atoms with Gasteiger partial charge in [-0.05, 0) is 54.8 Å². The zero-order valence-electron chi connectivity index (χ0n) is 19.0. The molecule has 0 unspecified atom stereocenters. The van der Waals surface area contributed by atoms with Gasteiger partial charge in [0.15, 0.2) is 0 Å². The molecule has 0 N–H and O–H groups in total. The van der Waals surface area contributed by atoms with Gasteiger partial charge in [-0.15, -0.1) is 0 Å². The summed E-state index contributed by atoms with van der Waals surface area (Å²) in [5.41, 5.74) is 6.27. The first-order valence-corrected chi connectivity index (χ1v) is 10.9.